The Hall–Kier alpha value is -0.830. The third-order valence-corrected chi connectivity index (χ3v) is 4.13. The van der Waals surface area contributed by atoms with E-state index >= 15 is 0 Å². The third-order valence-electron chi connectivity index (χ3n) is 4.13. The Morgan fingerprint density at radius 2 is 2.35 bits per heavy atom. The molecule has 0 aliphatic heterocycles. The van der Waals surface area contributed by atoms with E-state index in [-0.39, 0.29) is 5.54 Å². The molecule has 2 rings (SSSR count). The predicted molar refractivity (Wildman–Crippen MR) is 70.8 cm³/mol. The third kappa shape index (κ3) is 3.09. The fraction of sp³-hybridized carbons (Fsp3) is 0.786. The van der Waals surface area contributed by atoms with Gasteiger partial charge in [0, 0.05) is 18.3 Å². The van der Waals surface area contributed by atoms with Crippen molar-refractivity contribution in [1.82, 2.24) is 9.78 Å². The van der Waals surface area contributed by atoms with Crippen LogP contribution in [0.5, 0.6) is 0 Å². The largest absolute Gasteiger partial charge is 0.325 e. The summed E-state index contributed by atoms with van der Waals surface area (Å²) in [6.07, 6.45) is 11.4. The van der Waals surface area contributed by atoms with Crippen molar-refractivity contribution < 1.29 is 0 Å². The zero-order valence-electron chi connectivity index (χ0n) is 11.2. The minimum absolute atomic E-state index is 0.0144. The maximum absolute atomic E-state index is 6.57. The molecule has 1 saturated carbocycles. The number of aromatic nitrogens is 2. The van der Waals surface area contributed by atoms with Gasteiger partial charge in [-0.3, -0.25) is 4.68 Å². The fourth-order valence-corrected chi connectivity index (χ4v) is 3.11. The van der Waals surface area contributed by atoms with Crippen LogP contribution in [0.3, 0.4) is 0 Å². The first-order valence-electron chi connectivity index (χ1n) is 6.95. The quantitative estimate of drug-likeness (QED) is 0.872. The summed E-state index contributed by atoms with van der Waals surface area (Å²) in [7, 11) is 0. The van der Waals surface area contributed by atoms with Gasteiger partial charge in [-0.1, -0.05) is 26.2 Å². The molecule has 1 aromatic rings. The maximum atomic E-state index is 6.57. The van der Waals surface area contributed by atoms with Crippen LogP contribution < -0.4 is 5.73 Å². The topological polar surface area (TPSA) is 43.8 Å². The molecule has 2 atom stereocenters. The highest BCUT2D eigenvalue weighted by molar-refractivity contribution is 5.10. The lowest BCUT2D eigenvalue weighted by atomic mass is 9.73. The molecule has 96 valence electrons. The maximum Gasteiger partial charge on any atom is 0.0522 e. The average Bonchev–Trinajstić information content (AvgIpc) is 2.76. The summed E-state index contributed by atoms with van der Waals surface area (Å²) in [5.74, 6) is 0.829. The molecule has 0 radical (unpaired) electrons. The van der Waals surface area contributed by atoms with Crippen LogP contribution in [-0.2, 0) is 13.0 Å². The molecule has 0 spiro atoms. The van der Waals surface area contributed by atoms with Crippen molar-refractivity contribution in [3.63, 3.8) is 0 Å². The number of hydrogen-bond donors (Lipinski definition) is 1. The Labute approximate surface area is 104 Å². The standard InChI is InChI=1S/C14H25N3/c1-3-12-6-5-7-14(15,8-12)9-13-10-16-17(4-2)11-13/h10-12H,3-9,15H2,1-2H3. The highest BCUT2D eigenvalue weighted by atomic mass is 15.3. The summed E-state index contributed by atoms with van der Waals surface area (Å²) in [6, 6.07) is 0. The molecule has 1 aromatic heterocycles. The fourth-order valence-electron chi connectivity index (χ4n) is 3.11. The Morgan fingerprint density at radius 1 is 1.53 bits per heavy atom. The van der Waals surface area contributed by atoms with Crippen LogP contribution in [0.25, 0.3) is 0 Å². The lowest BCUT2D eigenvalue weighted by Gasteiger charge is -2.37. The Bertz CT molecular complexity index is 358. The predicted octanol–water partition coefficient (Wildman–Crippen LogP) is 2.74. The summed E-state index contributed by atoms with van der Waals surface area (Å²) in [5.41, 5.74) is 7.88. The first-order valence-corrected chi connectivity index (χ1v) is 6.95. The summed E-state index contributed by atoms with van der Waals surface area (Å²) in [6.45, 7) is 5.34. The number of nitrogens with zero attached hydrogens (tertiary/aromatic N) is 2. The molecule has 0 amide bonds. The van der Waals surface area contributed by atoms with Gasteiger partial charge < -0.3 is 5.73 Å². The minimum Gasteiger partial charge on any atom is -0.325 e. The molecule has 0 bridgehead atoms. The summed E-state index contributed by atoms with van der Waals surface area (Å²) in [5, 5.41) is 4.33. The Morgan fingerprint density at radius 3 is 3.00 bits per heavy atom. The molecule has 2 unspecified atom stereocenters. The Kier molecular flexibility index (Phi) is 3.87. The zero-order chi connectivity index (χ0) is 12.3. The lowest BCUT2D eigenvalue weighted by Crippen LogP contribution is -2.46. The second-order valence-corrected chi connectivity index (χ2v) is 5.61. The van der Waals surface area contributed by atoms with E-state index < -0.39 is 0 Å². The number of aryl methyl sites for hydroxylation is 1. The number of nitrogens with two attached hydrogens (primary N) is 1. The molecule has 3 nitrogen and oxygen atoms in total. The van der Waals surface area contributed by atoms with Crippen LogP contribution in [0.4, 0.5) is 0 Å². The first-order chi connectivity index (χ1) is 8.15. The second-order valence-electron chi connectivity index (χ2n) is 5.61. The van der Waals surface area contributed by atoms with Crippen LogP contribution in [0, 0.1) is 5.92 Å². The summed E-state index contributed by atoms with van der Waals surface area (Å²) in [4.78, 5) is 0. The highest BCUT2D eigenvalue weighted by Crippen LogP contribution is 2.34. The monoisotopic (exact) mass is 235 g/mol. The molecular formula is C14H25N3. The normalized spacial score (nSPS) is 29.5. The highest BCUT2D eigenvalue weighted by Gasteiger charge is 2.32. The van der Waals surface area contributed by atoms with Gasteiger partial charge in [-0.05, 0) is 37.7 Å². The Balaban J connectivity index is 2.00. The second kappa shape index (κ2) is 5.21. The van der Waals surface area contributed by atoms with Crippen LogP contribution in [0.15, 0.2) is 12.4 Å². The van der Waals surface area contributed by atoms with Crippen LogP contribution >= 0.6 is 0 Å². The van der Waals surface area contributed by atoms with Crippen molar-refractivity contribution in [3.05, 3.63) is 18.0 Å². The van der Waals surface area contributed by atoms with Crippen LogP contribution in [-0.4, -0.2) is 15.3 Å². The van der Waals surface area contributed by atoms with Crippen LogP contribution in [0.2, 0.25) is 0 Å². The smallest absolute Gasteiger partial charge is 0.0522 e. The molecule has 2 N–H and O–H groups in total. The van der Waals surface area contributed by atoms with Crippen molar-refractivity contribution in [1.29, 1.82) is 0 Å². The zero-order valence-corrected chi connectivity index (χ0v) is 11.2. The van der Waals surface area contributed by atoms with Gasteiger partial charge in [0.1, 0.15) is 0 Å². The molecule has 1 aliphatic carbocycles. The van der Waals surface area contributed by atoms with Gasteiger partial charge >= 0.3 is 0 Å². The van der Waals surface area contributed by atoms with E-state index in [4.69, 9.17) is 5.73 Å². The van der Waals surface area contributed by atoms with E-state index in [1.54, 1.807) is 0 Å². The molecule has 1 heterocycles. The number of hydrogen-bond acceptors (Lipinski definition) is 2. The van der Waals surface area contributed by atoms with Crippen molar-refractivity contribution >= 4 is 0 Å². The molecular weight excluding hydrogens is 210 g/mol. The van der Waals surface area contributed by atoms with E-state index in [1.807, 2.05) is 10.9 Å². The minimum atomic E-state index is 0.0144. The summed E-state index contributed by atoms with van der Waals surface area (Å²) >= 11 is 0. The van der Waals surface area contributed by atoms with Crippen molar-refractivity contribution in [2.75, 3.05) is 0 Å². The first kappa shape index (κ1) is 12.6. The van der Waals surface area contributed by atoms with E-state index in [2.05, 4.69) is 25.1 Å². The van der Waals surface area contributed by atoms with Crippen molar-refractivity contribution in [2.24, 2.45) is 11.7 Å². The molecule has 3 heteroatoms. The number of rotatable bonds is 4. The van der Waals surface area contributed by atoms with Gasteiger partial charge in [0.05, 0.1) is 6.20 Å². The summed E-state index contributed by atoms with van der Waals surface area (Å²) < 4.78 is 1.98. The van der Waals surface area contributed by atoms with Gasteiger partial charge in [0.25, 0.3) is 0 Å². The molecule has 0 aromatic carbocycles. The van der Waals surface area contributed by atoms with Crippen molar-refractivity contribution in [2.45, 2.75) is 64.5 Å². The van der Waals surface area contributed by atoms with Gasteiger partial charge in [-0.2, -0.15) is 5.10 Å². The molecule has 1 fully saturated rings. The molecule has 1 aliphatic rings. The SMILES string of the molecule is CCC1CCCC(N)(Cc2cnn(CC)c2)C1. The van der Waals surface area contributed by atoms with E-state index in [0.717, 1.165) is 18.9 Å². The van der Waals surface area contributed by atoms with Crippen molar-refractivity contribution in [3.8, 4) is 0 Å². The molecule has 17 heavy (non-hydrogen) atoms. The van der Waals surface area contributed by atoms with E-state index in [0.29, 0.717) is 0 Å². The van der Waals surface area contributed by atoms with Gasteiger partial charge in [0.15, 0.2) is 0 Å². The molecule has 0 saturated heterocycles. The van der Waals surface area contributed by atoms with Gasteiger partial charge in [0.2, 0.25) is 0 Å². The van der Waals surface area contributed by atoms with Gasteiger partial charge in [-0.25, -0.2) is 0 Å². The lowest BCUT2D eigenvalue weighted by molar-refractivity contribution is 0.218. The van der Waals surface area contributed by atoms with E-state index in [1.165, 1.54) is 37.7 Å². The van der Waals surface area contributed by atoms with E-state index in [9.17, 15) is 0 Å². The van der Waals surface area contributed by atoms with Gasteiger partial charge in [-0.15, -0.1) is 0 Å². The average molecular weight is 235 g/mol. The van der Waals surface area contributed by atoms with Crippen LogP contribution in [0.1, 0.15) is 51.5 Å².